The van der Waals surface area contributed by atoms with Crippen LogP contribution >= 0.6 is 0 Å². The maximum absolute atomic E-state index is 11.6. The average Bonchev–Trinajstić information content (AvgIpc) is 3.33. The third-order valence-electron chi connectivity index (χ3n) is 5.48. The molecule has 0 atom stereocenters. The molecule has 2 aromatic heterocycles. The number of fused-ring (bicyclic) bond motifs is 3. The average molecular weight is 378 g/mol. The summed E-state index contributed by atoms with van der Waals surface area (Å²) in [5.74, 6) is -0.367. The smallest absolute Gasteiger partial charge is 0.223 e. The highest BCUT2D eigenvalue weighted by molar-refractivity contribution is 5.79. The number of aromatic amines is 1. The number of H-pyrrole nitrogens is 1. The van der Waals surface area contributed by atoms with E-state index in [1.54, 1.807) is 0 Å². The molecule has 144 valence electrons. The molecule has 0 unspecified atom stereocenters. The van der Waals surface area contributed by atoms with E-state index in [4.69, 9.17) is 15.6 Å². The third-order valence-corrected chi connectivity index (χ3v) is 5.48. The zero-order chi connectivity index (χ0) is 19.1. The fourth-order valence-electron chi connectivity index (χ4n) is 4.11. The molecule has 2 aliphatic rings. The lowest BCUT2D eigenvalue weighted by Crippen LogP contribution is -2.36. The molecule has 1 saturated heterocycles. The molecule has 3 heterocycles. The maximum Gasteiger partial charge on any atom is 0.223 e. The summed E-state index contributed by atoms with van der Waals surface area (Å²) in [6, 6.07) is 8.37. The van der Waals surface area contributed by atoms with Crippen LogP contribution in [0, 0.1) is 0 Å². The zero-order valence-corrected chi connectivity index (χ0v) is 15.5. The lowest BCUT2D eigenvalue weighted by Gasteiger charge is -2.29. The first-order chi connectivity index (χ1) is 13.7. The minimum atomic E-state index is -0.367. The summed E-state index contributed by atoms with van der Waals surface area (Å²) in [4.78, 5) is 13.9. The van der Waals surface area contributed by atoms with E-state index in [-0.39, 0.29) is 12.3 Å². The van der Waals surface area contributed by atoms with Crippen LogP contribution < -0.4 is 10.6 Å². The van der Waals surface area contributed by atoms with E-state index in [0.29, 0.717) is 0 Å². The number of nitrogens with two attached hydrogens (primary N) is 1. The SMILES string of the molecule is NC(=O)Cc1nn(-c2ccc(N3CCOCC3)cc2)c2c1CCc1[nH]ncc1-2. The Morgan fingerprint density at radius 3 is 2.64 bits per heavy atom. The molecule has 0 bridgehead atoms. The highest BCUT2D eigenvalue weighted by Crippen LogP contribution is 2.36. The summed E-state index contributed by atoms with van der Waals surface area (Å²) in [6.07, 6.45) is 3.66. The van der Waals surface area contributed by atoms with Gasteiger partial charge in [0.05, 0.1) is 42.9 Å². The Kier molecular flexibility index (Phi) is 4.12. The van der Waals surface area contributed by atoms with Gasteiger partial charge in [-0.15, -0.1) is 0 Å². The number of ether oxygens (including phenoxy) is 1. The van der Waals surface area contributed by atoms with Crippen molar-refractivity contribution in [3.8, 4) is 16.9 Å². The van der Waals surface area contributed by atoms with Crippen molar-refractivity contribution in [1.29, 1.82) is 0 Å². The number of carbonyl (C=O) groups excluding carboxylic acids is 1. The number of aromatic nitrogens is 4. The summed E-state index contributed by atoms with van der Waals surface area (Å²) in [7, 11) is 0. The second kappa shape index (κ2) is 6.79. The van der Waals surface area contributed by atoms with Crippen molar-refractivity contribution in [3.05, 3.63) is 47.4 Å². The number of primary amides is 1. The van der Waals surface area contributed by atoms with E-state index < -0.39 is 0 Å². The van der Waals surface area contributed by atoms with Gasteiger partial charge in [-0.05, 0) is 37.1 Å². The first-order valence-corrected chi connectivity index (χ1v) is 9.55. The normalized spacial score (nSPS) is 15.9. The molecule has 1 aliphatic carbocycles. The molecule has 3 aromatic rings. The van der Waals surface area contributed by atoms with E-state index in [1.165, 1.54) is 5.69 Å². The Morgan fingerprint density at radius 1 is 1.14 bits per heavy atom. The van der Waals surface area contributed by atoms with E-state index >= 15 is 0 Å². The fraction of sp³-hybridized carbons (Fsp3) is 0.350. The number of rotatable bonds is 4. The van der Waals surface area contributed by atoms with Gasteiger partial charge in [-0.1, -0.05) is 0 Å². The van der Waals surface area contributed by atoms with Crippen molar-refractivity contribution in [2.75, 3.05) is 31.2 Å². The summed E-state index contributed by atoms with van der Waals surface area (Å²) in [5.41, 5.74) is 12.6. The molecule has 8 heteroatoms. The number of nitrogens with one attached hydrogen (secondary N) is 1. The number of morpholine rings is 1. The van der Waals surface area contributed by atoms with E-state index in [0.717, 1.165) is 73.0 Å². The van der Waals surface area contributed by atoms with Crippen LogP contribution in [0.25, 0.3) is 16.9 Å². The predicted octanol–water partition coefficient (Wildman–Crippen LogP) is 1.23. The standard InChI is InChI=1S/C20H22N6O2/c21-19(27)11-18-15-5-6-17-16(12-22-23-17)20(15)26(24-18)14-3-1-13(2-4-14)25-7-9-28-10-8-25/h1-4,12H,5-11H2,(H2,21,27)(H,22,23). The van der Waals surface area contributed by atoms with Gasteiger partial charge in [-0.3, -0.25) is 9.89 Å². The van der Waals surface area contributed by atoms with Crippen LogP contribution in [0.4, 0.5) is 5.69 Å². The highest BCUT2D eigenvalue weighted by Gasteiger charge is 2.27. The molecule has 28 heavy (non-hydrogen) atoms. The lowest BCUT2D eigenvalue weighted by molar-refractivity contribution is -0.117. The van der Waals surface area contributed by atoms with Gasteiger partial charge >= 0.3 is 0 Å². The largest absolute Gasteiger partial charge is 0.378 e. The number of hydrogen-bond donors (Lipinski definition) is 2. The Labute approximate surface area is 162 Å². The van der Waals surface area contributed by atoms with E-state index in [9.17, 15) is 4.79 Å². The van der Waals surface area contributed by atoms with Gasteiger partial charge in [-0.2, -0.15) is 10.2 Å². The van der Waals surface area contributed by atoms with Crippen LogP contribution in [0.3, 0.4) is 0 Å². The lowest BCUT2D eigenvalue weighted by atomic mass is 9.93. The van der Waals surface area contributed by atoms with Crippen LogP contribution in [0.5, 0.6) is 0 Å². The van der Waals surface area contributed by atoms with Crippen molar-refractivity contribution < 1.29 is 9.53 Å². The number of hydrogen-bond acceptors (Lipinski definition) is 5. The molecule has 1 aromatic carbocycles. The van der Waals surface area contributed by atoms with Crippen molar-refractivity contribution >= 4 is 11.6 Å². The van der Waals surface area contributed by atoms with Crippen molar-refractivity contribution in [1.82, 2.24) is 20.0 Å². The van der Waals surface area contributed by atoms with Gasteiger partial charge in [0.15, 0.2) is 0 Å². The van der Waals surface area contributed by atoms with Crippen LogP contribution in [0.1, 0.15) is 17.0 Å². The Hall–Kier alpha value is -3.13. The van der Waals surface area contributed by atoms with Gasteiger partial charge in [0.1, 0.15) is 0 Å². The topological polar surface area (TPSA) is 102 Å². The molecule has 1 aliphatic heterocycles. The van der Waals surface area contributed by atoms with Gasteiger partial charge in [0, 0.05) is 35.6 Å². The molecule has 5 rings (SSSR count). The molecule has 1 amide bonds. The van der Waals surface area contributed by atoms with Crippen molar-refractivity contribution in [2.24, 2.45) is 5.73 Å². The first kappa shape index (κ1) is 17.0. The van der Waals surface area contributed by atoms with Gasteiger partial charge in [-0.25, -0.2) is 4.68 Å². The predicted molar refractivity (Wildman–Crippen MR) is 104 cm³/mol. The molecule has 0 spiro atoms. The first-order valence-electron chi connectivity index (χ1n) is 9.55. The van der Waals surface area contributed by atoms with Crippen LogP contribution in [-0.2, 0) is 28.8 Å². The number of benzene rings is 1. The number of amides is 1. The molecule has 3 N–H and O–H groups in total. The highest BCUT2D eigenvalue weighted by atomic mass is 16.5. The Balaban J connectivity index is 1.56. The van der Waals surface area contributed by atoms with Gasteiger partial charge in [0.2, 0.25) is 5.91 Å². The summed E-state index contributed by atoms with van der Waals surface area (Å²) in [6.45, 7) is 3.32. The van der Waals surface area contributed by atoms with Crippen molar-refractivity contribution in [2.45, 2.75) is 19.3 Å². The van der Waals surface area contributed by atoms with Crippen LogP contribution in [0.2, 0.25) is 0 Å². The van der Waals surface area contributed by atoms with Crippen LogP contribution in [-0.4, -0.2) is 52.2 Å². The molecule has 0 radical (unpaired) electrons. The Bertz CT molecular complexity index is 1010. The Morgan fingerprint density at radius 2 is 1.89 bits per heavy atom. The molecular formula is C20H22N6O2. The van der Waals surface area contributed by atoms with E-state index in [1.807, 2.05) is 10.9 Å². The molecule has 0 saturated carbocycles. The number of aryl methyl sites for hydroxylation is 1. The minimum absolute atomic E-state index is 0.147. The van der Waals surface area contributed by atoms with Crippen molar-refractivity contribution in [3.63, 3.8) is 0 Å². The fourth-order valence-corrected chi connectivity index (χ4v) is 4.11. The minimum Gasteiger partial charge on any atom is -0.378 e. The zero-order valence-electron chi connectivity index (χ0n) is 15.5. The number of carbonyl (C=O) groups is 1. The summed E-state index contributed by atoms with van der Waals surface area (Å²) >= 11 is 0. The molecule has 8 nitrogen and oxygen atoms in total. The number of anilines is 1. The maximum atomic E-state index is 11.6. The van der Waals surface area contributed by atoms with Gasteiger partial charge in [0.25, 0.3) is 0 Å². The number of nitrogens with zero attached hydrogens (tertiary/aromatic N) is 4. The summed E-state index contributed by atoms with van der Waals surface area (Å²) < 4.78 is 7.35. The second-order valence-corrected chi connectivity index (χ2v) is 7.21. The monoisotopic (exact) mass is 378 g/mol. The van der Waals surface area contributed by atoms with Gasteiger partial charge < -0.3 is 15.4 Å². The second-order valence-electron chi connectivity index (χ2n) is 7.21. The van der Waals surface area contributed by atoms with Crippen LogP contribution in [0.15, 0.2) is 30.5 Å². The van der Waals surface area contributed by atoms with E-state index in [2.05, 4.69) is 39.4 Å². The third kappa shape index (κ3) is 2.86. The molecule has 1 fully saturated rings. The summed E-state index contributed by atoms with van der Waals surface area (Å²) in [5, 5.41) is 12.0. The quantitative estimate of drug-likeness (QED) is 0.711. The molecular weight excluding hydrogens is 356 g/mol.